The van der Waals surface area contributed by atoms with Gasteiger partial charge in [-0.25, -0.2) is 9.97 Å². The molecule has 3 rings (SSSR count). The number of hydrogen-bond acceptors (Lipinski definition) is 4. The van der Waals surface area contributed by atoms with E-state index in [9.17, 15) is 0 Å². The second-order valence-electron chi connectivity index (χ2n) is 6.16. The highest BCUT2D eigenvalue weighted by Gasteiger charge is 2.62. The van der Waals surface area contributed by atoms with Crippen molar-refractivity contribution >= 4 is 5.82 Å². The fourth-order valence-electron chi connectivity index (χ4n) is 3.29. The van der Waals surface area contributed by atoms with Crippen molar-refractivity contribution in [2.45, 2.75) is 27.4 Å². The average Bonchev–Trinajstić information content (AvgIpc) is 2.69. The van der Waals surface area contributed by atoms with Gasteiger partial charge in [-0.05, 0) is 24.2 Å². The number of rotatable bonds is 3. The van der Waals surface area contributed by atoms with Crippen molar-refractivity contribution in [3.05, 3.63) is 17.6 Å². The molecule has 2 heterocycles. The predicted molar refractivity (Wildman–Crippen MR) is 70.5 cm³/mol. The van der Waals surface area contributed by atoms with Crippen LogP contribution in [0.3, 0.4) is 0 Å². The Morgan fingerprint density at radius 1 is 1.33 bits per heavy atom. The van der Waals surface area contributed by atoms with Crippen LogP contribution in [0.15, 0.2) is 6.07 Å². The first-order chi connectivity index (χ1) is 8.52. The minimum Gasteiger partial charge on any atom is -0.377 e. The molecule has 0 unspecified atom stereocenters. The van der Waals surface area contributed by atoms with Crippen LogP contribution < -0.4 is 4.90 Å². The van der Waals surface area contributed by atoms with E-state index in [0.717, 1.165) is 42.3 Å². The number of anilines is 1. The summed E-state index contributed by atoms with van der Waals surface area (Å²) >= 11 is 0. The summed E-state index contributed by atoms with van der Waals surface area (Å²) in [6.45, 7) is 9.54. The maximum absolute atomic E-state index is 5.12. The zero-order chi connectivity index (χ0) is 12.9. The first-order valence-corrected chi connectivity index (χ1v) is 6.61. The third-order valence-electron chi connectivity index (χ3n) is 4.61. The zero-order valence-corrected chi connectivity index (χ0v) is 11.6. The van der Waals surface area contributed by atoms with Crippen LogP contribution in [0.1, 0.15) is 25.4 Å². The first kappa shape index (κ1) is 11.9. The van der Waals surface area contributed by atoms with Crippen LogP contribution in [-0.2, 0) is 11.3 Å². The molecule has 0 radical (unpaired) electrons. The van der Waals surface area contributed by atoms with E-state index in [1.54, 1.807) is 7.11 Å². The lowest BCUT2D eigenvalue weighted by Gasteiger charge is -2.23. The Balaban J connectivity index is 1.78. The minimum absolute atomic E-state index is 0.487. The van der Waals surface area contributed by atoms with Crippen LogP contribution >= 0.6 is 0 Å². The van der Waals surface area contributed by atoms with Crippen LogP contribution in [0, 0.1) is 24.2 Å². The number of methoxy groups -OCH3 is 1. The Labute approximate surface area is 108 Å². The number of piperidine rings is 1. The largest absolute Gasteiger partial charge is 0.377 e. The highest BCUT2D eigenvalue weighted by Crippen LogP contribution is 2.62. The van der Waals surface area contributed by atoms with Gasteiger partial charge >= 0.3 is 0 Å². The Morgan fingerprint density at radius 3 is 2.61 bits per heavy atom. The number of fused-ring (bicyclic) bond motifs is 1. The first-order valence-electron chi connectivity index (χ1n) is 6.61. The lowest BCUT2D eigenvalue weighted by Crippen LogP contribution is -2.27. The summed E-state index contributed by atoms with van der Waals surface area (Å²) < 4.78 is 5.12. The van der Waals surface area contributed by atoms with Crippen molar-refractivity contribution < 1.29 is 4.74 Å². The average molecular weight is 247 g/mol. The maximum atomic E-state index is 5.12. The molecule has 1 aliphatic heterocycles. The van der Waals surface area contributed by atoms with Crippen molar-refractivity contribution in [3.63, 3.8) is 0 Å². The molecule has 1 aliphatic carbocycles. The third-order valence-corrected chi connectivity index (χ3v) is 4.61. The van der Waals surface area contributed by atoms with Crippen molar-refractivity contribution in [3.8, 4) is 0 Å². The fraction of sp³-hybridized carbons (Fsp3) is 0.714. The molecule has 18 heavy (non-hydrogen) atoms. The molecule has 0 bridgehead atoms. The monoisotopic (exact) mass is 247 g/mol. The normalized spacial score (nSPS) is 28.3. The van der Waals surface area contributed by atoms with E-state index >= 15 is 0 Å². The molecule has 2 atom stereocenters. The smallest absolute Gasteiger partial charge is 0.156 e. The van der Waals surface area contributed by atoms with Gasteiger partial charge in [0.1, 0.15) is 12.4 Å². The van der Waals surface area contributed by atoms with Gasteiger partial charge in [-0.15, -0.1) is 0 Å². The van der Waals surface area contributed by atoms with E-state index in [1.165, 1.54) is 0 Å². The summed E-state index contributed by atoms with van der Waals surface area (Å²) in [5, 5.41) is 0. The van der Waals surface area contributed by atoms with E-state index in [2.05, 4.69) is 34.8 Å². The lowest BCUT2D eigenvalue weighted by atomic mass is 10.1. The Bertz CT molecular complexity index is 458. The summed E-state index contributed by atoms with van der Waals surface area (Å²) in [5.74, 6) is 3.54. The molecule has 4 heteroatoms. The fourth-order valence-corrected chi connectivity index (χ4v) is 3.29. The van der Waals surface area contributed by atoms with Crippen LogP contribution in [0.25, 0.3) is 0 Å². The van der Waals surface area contributed by atoms with E-state index in [1.807, 2.05) is 6.92 Å². The molecular weight excluding hydrogens is 226 g/mol. The topological polar surface area (TPSA) is 38.2 Å². The predicted octanol–water partition coefficient (Wildman–Crippen LogP) is 2.02. The molecule has 0 N–H and O–H groups in total. The van der Waals surface area contributed by atoms with Crippen molar-refractivity contribution in [1.29, 1.82) is 0 Å². The van der Waals surface area contributed by atoms with Crippen LogP contribution in [0.2, 0.25) is 0 Å². The zero-order valence-electron chi connectivity index (χ0n) is 11.6. The van der Waals surface area contributed by atoms with E-state index < -0.39 is 0 Å². The van der Waals surface area contributed by atoms with E-state index in [-0.39, 0.29) is 0 Å². The quantitative estimate of drug-likeness (QED) is 0.819. The van der Waals surface area contributed by atoms with Gasteiger partial charge in [-0.2, -0.15) is 0 Å². The highest BCUT2D eigenvalue weighted by atomic mass is 16.5. The van der Waals surface area contributed by atoms with Gasteiger partial charge in [-0.1, -0.05) is 13.8 Å². The number of aryl methyl sites for hydroxylation is 1. The number of nitrogens with zero attached hydrogens (tertiary/aromatic N) is 3. The van der Waals surface area contributed by atoms with Crippen molar-refractivity contribution in [2.24, 2.45) is 17.3 Å². The standard InChI is InChI=1S/C14H21N3O/c1-9-5-13(16-12(15-9)8-18-4)17-6-10-11(7-17)14(10,2)3/h5,10-11H,6-8H2,1-4H3/t10-,11+. The molecular formula is C14H21N3O. The number of aromatic nitrogens is 2. The molecule has 1 aromatic rings. The summed E-state index contributed by atoms with van der Waals surface area (Å²) in [5.41, 5.74) is 1.57. The third kappa shape index (κ3) is 1.79. The van der Waals surface area contributed by atoms with Gasteiger partial charge in [0.25, 0.3) is 0 Å². The van der Waals surface area contributed by atoms with Gasteiger partial charge in [0.05, 0.1) is 0 Å². The molecule has 0 aromatic carbocycles. The van der Waals surface area contributed by atoms with E-state index in [0.29, 0.717) is 12.0 Å². The maximum Gasteiger partial charge on any atom is 0.156 e. The van der Waals surface area contributed by atoms with E-state index in [4.69, 9.17) is 4.74 Å². The second kappa shape index (κ2) is 3.92. The summed E-state index contributed by atoms with van der Waals surface area (Å²) in [6.07, 6.45) is 0. The lowest BCUT2D eigenvalue weighted by molar-refractivity contribution is 0.177. The van der Waals surface area contributed by atoms with Crippen molar-refractivity contribution in [2.75, 3.05) is 25.1 Å². The number of ether oxygens (including phenoxy) is 1. The van der Waals surface area contributed by atoms with Gasteiger partial charge in [0.2, 0.25) is 0 Å². The Kier molecular flexibility index (Phi) is 2.59. The van der Waals surface area contributed by atoms with Crippen LogP contribution in [0.4, 0.5) is 5.82 Å². The van der Waals surface area contributed by atoms with Gasteiger partial charge in [-0.3, -0.25) is 0 Å². The van der Waals surface area contributed by atoms with Gasteiger partial charge in [0.15, 0.2) is 5.82 Å². The molecule has 0 spiro atoms. The van der Waals surface area contributed by atoms with Gasteiger partial charge in [0, 0.05) is 32.0 Å². The molecule has 0 amide bonds. The molecule has 2 fully saturated rings. The number of hydrogen-bond donors (Lipinski definition) is 0. The van der Waals surface area contributed by atoms with Gasteiger partial charge < -0.3 is 9.64 Å². The molecule has 1 aromatic heterocycles. The summed E-state index contributed by atoms with van der Waals surface area (Å²) in [7, 11) is 1.68. The Hall–Kier alpha value is -1.16. The Morgan fingerprint density at radius 2 is 2.00 bits per heavy atom. The minimum atomic E-state index is 0.487. The second-order valence-corrected chi connectivity index (χ2v) is 6.16. The summed E-state index contributed by atoms with van der Waals surface area (Å²) in [4.78, 5) is 11.4. The van der Waals surface area contributed by atoms with Crippen molar-refractivity contribution in [1.82, 2.24) is 9.97 Å². The van der Waals surface area contributed by atoms with Crippen LogP contribution in [0.5, 0.6) is 0 Å². The molecule has 2 aliphatic rings. The SMILES string of the molecule is COCc1nc(C)cc(N2C[C@@H]3[C@H](C2)C3(C)C)n1. The van der Waals surface area contributed by atoms with Crippen LogP contribution in [-0.4, -0.2) is 30.2 Å². The molecule has 4 nitrogen and oxygen atoms in total. The molecule has 98 valence electrons. The highest BCUT2D eigenvalue weighted by molar-refractivity contribution is 5.44. The summed E-state index contributed by atoms with van der Waals surface area (Å²) in [6, 6.07) is 2.08. The molecule has 1 saturated heterocycles. The molecule has 1 saturated carbocycles.